The molecule has 0 aromatic heterocycles. The molecule has 1 aromatic carbocycles. The Balaban J connectivity index is 1.98. The van der Waals surface area contributed by atoms with Crippen LogP contribution in [0.5, 0.6) is 0 Å². The van der Waals surface area contributed by atoms with Gasteiger partial charge >= 0.3 is 0 Å². The van der Waals surface area contributed by atoms with Crippen LogP contribution in [0.4, 0.5) is 0 Å². The Labute approximate surface area is 105 Å². The highest BCUT2D eigenvalue weighted by Crippen LogP contribution is 2.22. The highest BCUT2D eigenvalue weighted by Gasteiger charge is 2.14. The lowest BCUT2D eigenvalue weighted by Gasteiger charge is -2.27. The molecule has 1 aliphatic rings. The van der Waals surface area contributed by atoms with Gasteiger partial charge in [0, 0.05) is 32.7 Å². The van der Waals surface area contributed by atoms with E-state index in [4.69, 9.17) is 0 Å². The smallest absolute Gasteiger partial charge is 0.0392 e. The van der Waals surface area contributed by atoms with Crippen LogP contribution in [0.25, 0.3) is 0 Å². The van der Waals surface area contributed by atoms with Crippen molar-refractivity contribution < 1.29 is 0 Å². The molecule has 0 aliphatic carbocycles. The van der Waals surface area contributed by atoms with Gasteiger partial charge in [0.05, 0.1) is 0 Å². The van der Waals surface area contributed by atoms with Crippen molar-refractivity contribution in [1.82, 2.24) is 10.2 Å². The van der Waals surface area contributed by atoms with Crippen molar-refractivity contribution in [2.45, 2.75) is 32.7 Å². The average molecular weight is 231 g/mol. The van der Waals surface area contributed by atoms with Gasteiger partial charge in [-0.1, -0.05) is 45.0 Å². The third-order valence-electron chi connectivity index (χ3n) is 3.28. The first-order valence-electron chi connectivity index (χ1n) is 6.43. The van der Waals surface area contributed by atoms with E-state index < -0.39 is 0 Å². The van der Waals surface area contributed by atoms with Gasteiger partial charge in [0.1, 0.15) is 0 Å². The lowest BCUT2D eigenvalue weighted by atomic mass is 9.87. The lowest BCUT2D eigenvalue weighted by molar-refractivity contribution is 0.285. The van der Waals surface area contributed by atoms with E-state index >= 15 is 0 Å². The lowest BCUT2D eigenvalue weighted by Crippen LogP contribution is -2.39. The van der Waals surface area contributed by atoms with Gasteiger partial charge in [-0.15, -0.1) is 0 Å². The number of rotatable bonds is 2. The van der Waals surface area contributed by atoms with Crippen molar-refractivity contribution in [3.63, 3.8) is 0 Å². The molecule has 0 unspecified atom stereocenters. The molecule has 1 fully saturated rings. The van der Waals surface area contributed by atoms with Gasteiger partial charge in [-0.3, -0.25) is 4.90 Å². The molecule has 17 heavy (non-hydrogen) atoms. The maximum Gasteiger partial charge on any atom is 0.0392 e. The van der Waals surface area contributed by atoms with E-state index in [2.05, 4.69) is 61.8 Å². The molecule has 2 nitrogen and oxygen atoms in total. The molecule has 1 aliphatic heterocycles. The van der Waals surface area contributed by atoms with Crippen LogP contribution in [0.3, 0.4) is 0 Å². The molecule has 0 amide bonds. The minimum absolute atomic E-state index is 0.250. The minimum atomic E-state index is 0.250. The Bertz CT molecular complexity index is 342. The number of piperazine rings is 1. The zero-order valence-corrected chi connectivity index (χ0v) is 11.2. The van der Waals surface area contributed by atoms with E-state index in [1.165, 1.54) is 11.1 Å². The summed E-state index contributed by atoms with van der Waals surface area (Å²) < 4.78 is 0. The van der Waals surface area contributed by atoms with E-state index in [1.54, 1.807) is 0 Å². The molecule has 2 heteroatoms. The van der Waals surface area contributed by atoms with Gasteiger partial charge in [0.25, 0.3) is 0 Å². The summed E-state index contributed by atoms with van der Waals surface area (Å²) in [7, 11) is 0. The van der Waals surface area contributed by atoms with Crippen molar-refractivity contribution in [2.24, 2.45) is 0 Å². The molecule has 0 bridgehead atoms. The number of nitrogens with zero attached hydrogens (tertiary/aromatic N) is 1. The summed E-state index contributed by atoms with van der Waals surface area (Å²) in [5.74, 6) is 0. The number of benzene rings is 1. The third kappa shape index (κ3) is 3.55. The van der Waals surface area contributed by atoms with Crippen LogP contribution in [0.15, 0.2) is 24.3 Å². The van der Waals surface area contributed by atoms with Crippen molar-refractivity contribution in [1.29, 1.82) is 0 Å². The van der Waals surface area contributed by atoms with Gasteiger partial charge in [0.15, 0.2) is 0 Å². The predicted molar refractivity (Wildman–Crippen MR) is 72.7 cm³/mol. The molecule has 1 N–H and O–H groups in total. The molecule has 0 saturated carbocycles. The van der Waals surface area contributed by atoms with E-state index in [9.17, 15) is 0 Å². The number of hydrogen-bond acceptors (Lipinski definition) is 2. The number of hydrogen-bond donors (Lipinski definition) is 1. The Morgan fingerprint density at radius 3 is 2.41 bits per heavy atom. The van der Waals surface area contributed by atoms with E-state index in [0.717, 1.165) is 26.2 Å². The largest absolute Gasteiger partial charge is 0.314 e. The van der Waals surface area contributed by atoms with Crippen molar-refractivity contribution in [3.8, 4) is 0 Å². The fourth-order valence-corrected chi connectivity index (χ4v) is 2.10. The van der Waals surface area contributed by atoms with Crippen LogP contribution < -0.4 is 5.32 Å². The second kappa shape index (κ2) is 5.19. The zero-order valence-electron chi connectivity index (χ0n) is 11.2. The summed E-state index contributed by atoms with van der Waals surface area (Å²) >= 11 is 0. The summed E-state index contributed by atoms with van der Waals surface area (Å²) in [6.45, 7) is 13.3. The van der Waals surface area contributed by atoms with E-state index in [1.807, 2.05) is 0 Å². The van der Waals surface area contributed by atoms with Gasteiger partial charge in [-0.05, 0) is 16.5 Å². The second-order valence-electron chi connectivity index (χ2n) is 5.80. The van der Waals surface area contributed by atoms with Crippen molar-refractivity contribution >= 4 is 0 Å². The molecule has 1 radical (unpaired) electrons. The maximum atomic E-state index is 3.33. The highest BCUT2D eigenvalue weighted by atomic mass is 15.2. The van der Waals surface area contributed by atoms with Crippen LogP contribution in [0, 0.1) is 6.54 Å². The van der Waals surface area contributed by atoms with Crippen LogP contribution in [-0.4, -0.2) is 24.5 Å². The number of nitrogens with one attached hydrogen (secondary N) is 1. The SMILES string of the molecule is CC(C)(C)c1ccc(CN2[CH]CNCC2)cc1. The molecule has 2 rings (SSSR count). The molecular weight excluding hydrogens is 208 g/mol. The van der Waals surface area contributed by atoms with Gasteiger partial charge in [0.2, 0.25) is 0 Å². The highest BCUT2D eigenvalue weighted by molar-refractivity contribution is 5.27. The normalized spacial score (nSPS) is 18.3. The first kappa shape index (κ1) is 12.6. The summed E-state index contributed by atoms with van der Waals surface area (Å²) in [5.41, 5.74) is 3.06. The molecule has 1 heterocycles. The van der Waals surface area contributed by atoms with E-state index in [0.29, 0.717) is 0 Å². The Hall–Kier alpha value is -0.860. The van der Waals surface area contributed by atoms with Crippen molar-refractivity contribution in [3.05, 3.63) is 41.9 Å². The van der Waals surface area contributed by atoms with Gasteiger partial charge in [-0.2, -0.15) is 0 Å². The molecule has 1 saturated heterocycles. The first-order chi connectivity index (χ1) is 8.05. The summed E-state index contributed by atoms with van der Waals surface area (Å²) in [4.78, 5) is 2.39. The Morgan fingerprint density at radius 1 is 1.18 bits per heavy atom. The van der Waals surface area contributed by atoms with Gasteiger partial charge in [-0.25, -0.2) is 0 Å². The fraction of sp³-hybridized carbons (Fsp3) is 0.533. The van der Waals surface area contributed by atoms with E-state index in [-0.39, 0.29) is 5.41 Å². The predicted octanol–water partition coefficient (Wildman–Crippen LogP) is 2.55. The molecule has 0 atom stereocenters. The van der Waals surface area contributed by atoms with Crippen LogP contribution >= 0.6 is 0 Å². The molecule has 93 valence electrons. The first-order valence-corrected chi connectivity index (χ1v) is 6.43. The average Bonchev–Trinajstić information content (AvgIpc) is 2.30. The fourth-order valence-electron chi connectivity index (χ4n) is 2.10. The standard InChI is InChI=1S/C15H23N2/c1-15(2,3)14-6-4-13(5-7-14)12-17-10-8-16-9-11-17/h4-7,10,16H,8-9,11-12H2,1-3H3. The zero-order chi connectivity index (χ0) is 12.3. The Kier molecular flexibility index (Phi) is 3.85. The van der Waals surface area contributed by atoms with Crippen molar-refractivity contribution in [2.75, 3.05) is 19.6 Å². The minimum Gasteiger partial charge on any atom is -0.314 e. The summed E-state index contributed by atoms with van der Waals surface area (Å²) in [6, 6.07) is 9.04. The van der Waals surface area contributed by atoms with Crippen LogP contribution in [0.2, 0.25) is 0 Å². The van der Waals surface area contributed by atoms with Crippen LogP contribution in [-0.2, 0) is 12.0 Å². The summed E-state index contributed by atoms with van der Waals surface area (Å²) in [6.07, 6.45) is 0. The van der Waals surface area contributed by atoms with Crippen LogP contribution in [0.1, 0.15) is 31.9 Å². The molecular formula is C15H23N2. The quantitative estimate of drug-likeness (QED) is 0.841. The maximum absolute atomic E-state index is 3.33. The second-order valence-corrected chi connectivity index (χ2v) is 5.80. The topological polar surface area (TPSA) is 15.3 Å². The monoisotopic (exact) mass is 231 g/mol. The third-order valence-corrected chi connectivity index (χ3v) is 3.28. The molecule has 0 spiro atoms. The Morgan fingerprint density at radius 2 is 1.88 bits per heavy atom. The summed E-state index contributed by atoms with van der Waals surface area (Å²) in [5, 5.41) is 3.33. The molecule has 1 aromatic rings. The van der Waals surface area contributed by atoms with Gasteiger partial charge < -0.3 is 5.32 Å².